The van der Waals surface area contributed by atoms with Crippen LogP contribution in [0, 0.1) is 5.82 Å². The molecule has 0 bridgehead atoms. The first-order valence-corrected chi connectivity index (χ1v) is 14.6. The molecule has 10 heteroatoms. The van der Waals surface area contributed by atoms with E-state index in [1.807, 2.05) is 12.1 Å². The molecule has 0 spiro atoms. The van der Waals surface area contributed by atoms with Gasteiger partial charge in [-0.2, -0.15) is 0 Å². The van der Waals surface area contributed by atoms with Crippen LogP contribution in [0.4, 0.5) is 20.4 Å². The van der Waals surface area contributed by atoms with E-state index in [0.717, 1.165) is 5.56 Å². The molecule has 0 aliphatic carbocycles. The van der Waals surface area contributed by atoms with Crippen molar-refractivity contribution in [3.63, 3.8) is 0 Å². The van der Waals surface area contributed by atoms with Gasteiger partial charge in [0.25, 0.3) is 0 Å². The Morgan fingerprint density at radius 3 is 2.62 bits per heavy atom. The van der Waals surface area contributed by atoms with Crippen molar-refractivity contribution in [3.8, 4) is 11.3 Å². The second-order valence-electron chi connectivity index (χ2n) is 10.6. The maximum atomic E-state index is 15.2. The normalized spacial score (nSPS) is 21.0. The van der Waals surface area contributed by atoms with E-state index in [1.54, 1.807) is 49.5 Å². The Balaban J connectivity index is 1.44. The second kappa shape index (κ2) is 10.5. The van der Waals surface area contributed by atoms with Crippen LogP contribution in [0.3, 0.4) is 0 Å². The highest BCUT2D eigenvalue weighted by molar-refractivity contribution is 8.01. The van der Waals surface area contributed by atoms with Crippen LogP contribution in [0.1, 0.15) is 38.7 Å². The third kappa shape index (κ3) is 6.02. The highest BCUT2D eigenvalue weighted by atomic mass is 32.2. The predicted octanol–water partition coefficient (Wildman–Crippen LogP) is 5.56. The van der Waals surface area contributed by atoms with Crippen molar-refractivity contribution in [1.29, 1.82) is 0 Å². The number of hydrogen-bond acceptors (Lipinski definition) is 6. The summed E-state index contributed by atoms with van der Waals surface area (Å²) in [4.78, 5) is 14.3. The first-order chi connectivity index (χ1) is 18.5. The highest BCUT2D eigenvalue weighted by Gasteiger charge is 2.32. The van der Waals surface area contributed by atoms with Crippen molar-refractivity contribution in [2.24, 2.45) is 0 Å². The quantitative estimate of drug-likeness (QED) is 0.261. The molecule has 1 aliphatic heterocycles. The van der Waals surface area contributed by atoms with Gasteiger partial charge in [-0.3, -0.25) is 0 Å². The maximum Gasteiger partial charge on any atom is 0.223 e. The molecule has 0 radical (unpaired) electrons. The molecule has 5 rings (SSSR count). The van der Waals surface area contributed by atoms with Gasteiger partial charge in [-0.1, -0.05) is 38.1 Å². The summed E-state index contributed by atoms with van der Waals surface area (Å²) >= 11 is 0. The fourth-order valence-electron chi connectivity index (χ4n) is 4.79. The van der Waals surface area contributed by atoms with Crippen molar-refractivity contribution in [3.05, 3.63) is 72.2 Å². The van der Waals surface area contributed by atoms with Gasteiger partial charge in [0, 0.05) is 36.0 Å². The lowest BCUT2D eigenvalue weighted by Crippen LogP contribution is -2.50. The number of rotatable bonds is 7. The molecule has 1 unspecified atom stereocenters. The molecular weight excluding hydrogens is 518 g/mol. The van der Waals surface area contributed by atoms with Crippen LogP contribution >= 0.6 is 0 Å². The second-order valence-corrected chi connectivity index (χ2v) is 12.6. The van der Waals surface area contributed by atoms with Gasteiger partial charge in [0.05, 0.1) is 32.8 Å². The van der Waals surface area contributed by atoms with Crippen molar-refractivity contribution in [2.45, 2.75) is 49.7 Å². The summed E-state index contributed by atoms with van der Waals surface area (Å²) in [5.74, 6) is 3.73. The zero-order valence-electron chi connectivity index (χ0n) is 22.2. The largest absolute Gasteiger partial charge is 0.350 e. The van der Waals surface area contributed by atoms with E-state index in [-0.39, 0.29) is 17.6 Å². The summed E-state index contributed by atoms with van der Waals surface area (Å²) < 4.78 is 45.5. The van der Waals surface area contributed by atoms with Crippen LogP contribution in [-0.4, -0.2) is 49.8 Å². The maximum absolute atomic E-state index is 15.2. The zero-order valence-corrected chi connectivity index (χ0v) is 23.0. The number of fused-ring (bicyclic) bond motifs is 1. The lowest BCUT2D eigenvalue weighted by molar-refractivity contribution is 0.137. The van der Waals surface area contributed by atoms with Crippen LogP contribution in [0.15, 0.2) is 65.7 Å². The lowest BCUT2D eigenvalue weighted by atomic mass is 9.95. The first kappa shape index (κ1) is 27.0. The minimum atomic E-state index is -2.93. The zero-order chi connectivity index (χ0) is 27.8. The van der Waals surface area contributed by atoms with Gasteiger partial charge in [0.15, 0.2) is 0 Å². The number of benzene rings is 2. The van der Waals surface area contributed by atoms with E-state index >= 15 is 4.39 Å². The molecule has 39 heavy (non-hydrogen) atoms. The number of alkyl halides is 1. The minimum absolute atomic E-state index is 0.0908. The van der Waals surface area contributed by atoms with Crippen LogP contribution in [0.2, 0.25) is 0 Å². The van der Waals surface area contributed by atoms with Gasteiger partial charge in [0.2, 0.25) is 5.95 Å². The lowest BCUT2D eigenvalue weighted by Gasteiger charge is -2.33. The molecule has 1 saturated heterocycles. The molecule has 3 atom stereocenters. The Bertz CT molecular complexity index is 1610. The van der Waals surface area contributed by atoms with E-state index < -0.39 is 21.2 Å². The number of anilines is 2. The molecule has 4 aromatic rings. The molecule has 0 amide bonds. The van der Waals surface area contributed by atoms with E-state index in [9.17, 15) is 8.60 Å². The minimum Gasteiger partial charge on any atom is -0.350 e. The molecule has 3 N–H and O–H groups in total. The first-order valence-electron chi connectivity index (χ1n) is 12.8. The third-order valence-corrected chi connectivity index (χ3v) is 8.33. The van der Waals surface area contributed by atoms with Gasteiger partial charge in [-0.15, -0.1) is 0 Å². The summed E-state index contributed by atoms with van der Waals surface area (Å²) in [6, 6.07) is 15.1. The van der Waals surface area contributed by atoms with Gasteiger partial charge in [0.1, 0.15) is 17.0 Å². The predicted molar refractivity (Wildman–Crippen MR) is 155 cm³/mol. The topological polar surface area (TPSA) is 91.8 Å². The standard InChI is InChI=1S/C29H32F2N6OS/c1-18(2)22-13-25(19-10-11-24(23(30)12-19)37-39(4,38)21-8-6-5-7-9-21)35-26-16-33-28(36-27(22)26)34-20-14-29(3,31)17-32-15-20/h5-13,16,18,20,32H,4,14-15,17H2,1-3H3,(H,37,38)(H,33,34,36)/t20-,29-,39?/m0/s1. The van der Waals surface area contributed by atoms with Crippen LogP contribution in [-0.2, 0) is 9.71 Å². The van der Waals surface area contributed by atoms with Crippen LogP contribution < -0.4 is 15.4 Å². The van der Waals surface area contributed by atoms with E-state index in [2.05, 4.69) is 40.1 Å². The molecule has 3 heterocycles. The highest BCUT2D eigenvalue weighted by Crippen LogP contribution is 2.31. The monoisotopic (exact) mass is 550 g/mol. The van der Waals surface area contributed by atoms with E-state index in [0.29, 0.717) is 52.6 Å². The Labute approximate surface area is 227 Å². The van der Waals surface area contributed by atoms with Crippen LogP contribution in [0.25, 0.3) is 22.3 Å². The SMILES string of the molecule is C=S(=O)(Nc1ccc(-c2cc(C(C)C)c3nc(N[C@@H]4CNC[C@@](C)(F)C4)ncc3n2)cc1F)c1ccccc1. The number of pyridine rings is 1. The molecule has 0 saturated carbocycles. The number of halogens is 2. The number of piperidine rings is 1. The van der Waals surface area contributed by atoms with Crippen molar-refractivity contribution in [1.82, 2.24) is 20.3 Å². The smallest absolute Gasteiger partial charge is 0.223 e. The third-order valence-electron chi connectivity index (χ3n) is 6.75. The average Bonchev–Trinajstić information content (AvgIpc) is 2.89. The summed E-state index contributed by atoms with van der Waals surface area (Å²) in [6.07, 6.45) is 2.00. The molecular formula is C29H32F2N6OS. The number of aromatic nitrogens is 3. The Morgan fingerprint density at radius 1 is 1.15 bits per heavy atom. The van der Waals surface area contributed by atoms with Gasteiger partial charge >= 0.3 is 0 Å². The fraction of sp³-hybridized carbons (Fsp3) is 0.310. The fourth-order valence-corrected chi connectivity index (χ4v) is 6.02. The Morgan fingerprint density at radius 2 is 1.92 bits per heavy atom. The average molecular weight is 551 g/mol. The molecule has 7 nitrogen and oxygen atoms in total. The number of hydrogen-bond donors (Lipinski definition) is 3. The molecule has 204 valence electrons. The molecule has 1 aliphatic rings. The number of nitrogens with zero attached hydrogens (tertiary/aromatic N) is 3. The summed E-state index contributed by atoms with van der Waals surface area (Å²) in [7, 11) is -2.93. The Kier molecular flexibility index (Phi) is 7.26. The summed E-state index contributed by atoms with van der Waals surface area (Å²) in [5.41, 5.74) is 2.14. The van der Waals surface area contributed by atoms with Gasteiger partial charge in [-0.05, 0) is 54.6 Å². The van der Waals surface area contributed by atoms with E-state index in [4.69, 9.17) is 9.97 Å². The molecule has 1 fully saturated rings. The number of nitrogens with one attached hydrogen (secondary N) is 3. The van der Waals surface area contributed by atoms with Crippen molar-refractivity contribution < 1.29 is 13.0 Å². The Hall–Kier alpha value is -3.63. The van der Waals surface area contributed by atoms with E-state index in [1.165, 1.54) is 6.07 Å². The van der Waals surface area contributed by atoms with Crippen molar-refractivity contribution in [2.75, 3.05) is 23.1 Å². The van der Waals surface area contributed by atoms with Gasteiger partial charge in [-0.25, -0.2) is 27.9 Å². The molecule has 2 aromatic carbocycles. The summed E-state index contributed by atoms with van der Waals surface area (Å²) in [5, 5.41) is 6.35. The van der Waals surface area contributed by atoms with Crippen molar-refractivity contribution >= 4 is 38.2 Å². The molecule has 2 aromatic heterocycles. The van der Waals surface area contributed by atoms with Crippen LogP contribution in [0.5, 0.6) is 0 Å². The van der Waals surface area contributed by atoms with Gasteiger partial charge < -0.3 is 15.4 Å². The summed E-state index contributed by atoms with van der Waals surface area (Å²) in [6.45, 7) is 6.64.